The van der Waals surface area contributed by atoms with Gasteiger partial charge in [-0.1, -0.05) is 40.9 Å². The molecule has 0 unspecified atom stereocenters. The van der Waals surface area contributed by atoms with E-state index in [-0.39, 0.29) is 15.6 Å². The summed E-state index contributed by atoms with van der Waals surface area (Å²) in [5.74, 6) is 0.160. The Labute approximate surface area is 202 Å². The maximum atomic E-state index is 13.5. The van der Waals surface area contributed by atoms with Crippen molar-refractivity contribution in [1.29, 1.82) is 0 Å². The third-order valence-electron chi connectivity index (χ3n) is 4.76. The zero-order chi connectivity index (χ0) is 24.2. The van der Waals surface area contributed by atoms with Gasteiger partial charge in [-0.15, -0.1) is 0 Å². The van der Waals surface area contributed by atoms with Crippen LogP contribution >= 0.6 is 23.2 Å². The lowest BCUT2D eigenvalue weighted by Gasteiger charge is -2.25. The van der Waals surface area contributed by atoms with Gasteiger partial charge in [0.05, 0.1) is 35.5 Å². The molecule has 0 bridgehead atoms. The summed E-state index contributed by atoms with van der Waals surface area (Å²) in [5.41, 5.74) is 1.42. The van der Waals surface area contributed by atoms with Crippen LogP contribution in [0.3, 0.4) is 0 Å². The molecule has 0 saturated heterocycles. The van der Waals surface area contributed by atoms with Crippen molar-refractivity contribution in [3.8, 4) is 11.5 Å². The predicted molar refractivity (Wildman–Crippen MR) is 130 cm³/mol. The molecule has 0 fully saturated rings. The smallest absolute Gasteiger partial charge is 0.264 e. The van der Waals surface area contributed by atoms with Gasteiger partial charge in [0.25, 0.3) is 10.0 Å². The summed E-state index contributed by atoms with van der Waals surface area (Å²) < 4.78 is 38.4. The Balaban J connectivity index is 2.00. The lowest BCUT2D eigenvalue weighted by molar-refractivity contribution is -0.114. The van der Waals surface area contributed by atoms with E-state index in [1.807, 2.05) is 6.92 Å². The minimum absolute atomic E-state index is 0.0353. The highest BCUT2D eigenvalue weighted by molar-refractivity contribution is 7.92. The molecule has 0 aliphatic carbocycles. The van der Waals surface area contributed by atoms with Crippen LogP contribution in [0, 0.1) is 6.92 Å². The molecular formula is C23H22Cl2N2O5S. The zero-order valence-electron chi connectivity index (χ0n) is 18.1. The Morgan fingerprint density at radius 3 is 2.18 bits per heavy atom. The van der Waals surface area contributed by atoms with Crippen molar-refractivity contribution in [2.75, 3.05) is 30.4 Å². The van der Waals surface area contributed by atoms with E-state index in [2.05, 4.69) is 5.32 Å². The van der Waals surface area contributed by atoms with Gasteiger partial charge in [0.2, 0.25) is 5.91 Å². The van der Waals surface area contributed by atoms with Crippen LogP contribution in [0.5, 0.6) is 11.5 Å². The van der Waals surface area contributed by atoms with Crippen molar-refractivity contribution >= 4 is 50.5 Å². The van der Waals surface area contributed by atoms with Gasteiger partial charge in [0.1, 0.15) is 18.0 Å². The Kier molecular flexibility index (Phi) is 7.73. The average molecular weight is 509 g/mol. The number of sulfonamides is 1. The van der Waals surface area contributed by atoms with Crippen molar-refractivity contribution in [3.05, 3.63) is 76.3 Å². The first-order valence-electron chi connectivity index (χ1n) is 9.72. The number of rotatable bonds is 8. The van der Waals surface area contributed by atoms with Crippen LogP contribution in [0.1, 0.15) is 5.56 Å². The molecule has 0 aliphatic rings. The minimum Gasteiger partial charge on any atom is -0.495 e. The second kappa shape index (κ2) is 10.3. The van der Waals surface area contributed by atoms with Gasteiger partial charge in [-0.2, -0.15) is 0 Å². The highest BCUT2D eigenvalue weighted by Crippen LogP contribution is 2.32. The quantitative estimate of drug-likeness (QED) is 0.454. The lowest BCUT2D eigenvalue weighted by atomic mass is 10.2. The number of amides is 1. The standard InChI is InChI=1S/C23H22Cl2N2O5S/c1-15-4-8-18(9-5-15)33(29,30)27(17-7-11-21(31-2)19(25)13-17)14-23(28)26-20-12-16(24)6-10-22(20)32-3/h4-13H,14H2,1-3H3,(H,26,28). The van der Waals surface area contributed by atoms with Crippen LogP contribution in [0.25, 0.3) is 0 Å². The minimum atomic E-state index is -4.10. The van der Waals surface area contributed by atoms with E-state index in [0.29, 0.717) is 22.2 Å². The largest absolute Gasteiger partial charge is 0.495 e. The van der Waals surface area contributed by atoms with Crippen LogP contribution in [0.4, 0.5) is 11.4 Å². The van der Waals surface area contributed by atoms with E-state index in [9.17, 15) is 13.2 Å². The van der Waals surface area contributed by atoms with Crippen LogP contribution < -0.4 is 19.1 Å². The summed E-state index contributed by atoms with van der Waals surface area (Å²) >= 11 is 12.3. The molecule has 0 atom stereocenters. The fourth-order valence-corrected chi connectivity index (χ4v) is 4.90. The molecule has 1 amide bonds. The maximum absolute atomic E-state index is 13.5. The first-order valence-corrected chi connectivity index (χ1v) is 11.9. The van der Waals surface area contributed by atoms with Gasteiger partial charge in [0.15, 0.2) is 0 Å². The molecule has 0 aliphatic heterocycles. The molecule has 3 rings (SSSR count). The van der Waals surface area contributed by atoms with Crippen molar-refractivity contribution in [2.24, 2.45) is 0 Å². The molecule has 0 radical (unpaired) electrons. The van der Waals surface area contributed by atoms with Gasteiger partial charge in [-0.25, -0.2) is 8.42 Å². The summed E-state index contributed by atoms with van der Waals surface area (Å²) in [7, 11) is -1.20. The topological polar surface area (TPSA) is 84.9 Å². The molecule has 0 spiro atoms. The number of carbonyl (C=O) groups excluding carboxylic acids is 1. The molecule has 33 heavy (non-hydrogen) atoms. The maximum Gasteiger partial charge on any atom is 0.264 e. The number of anilines is 2. The van der Waals surface area contributed by atoms with E-state index < -0.39 is 22.5 Å². The van der Waals surface area contributed by atoms with Crippen molar-refractivity contribution in [3.63, 3.8) is 0 Å². The molecule has 0 saturated carbocycles. The third kappa shape index (κ3) is 5.71. The van der Waals surface area contributed by atoms with E-state index in [4.69, 9.17) is 32.7 Å². The Hall–Kier alpha value is -2.94. The SMILES string of the molecule is COc1ccc(N(CC(=O)Nc2cc(Cl)ccc2OC)S(=O)(=O)c2ccc(C)cc2)cc1Cl. The highest BCUT2D eigenvalue weighted by Gasteiger charge is 2.28. The second-order valence-corrected chi connectivity index (χ2v) is 9.74. The van der Waals surface area contributed by atoms with Crippen LogP contribution in [-0.2, 0) is 14.8 Å². The highest BCUT2D eigenvalue weighted by atomic mass is 35.5. The second-order valence-electron chi connectivity index (χ2n) is 7.04. The summed E-state index contributed by atoms with van der Waals surface area (Å²) in [6.45, 7) is 1.33. The summed E-state index contributed by atoms with van der Waals surface area (Å²) in [5, 5.41) is 3.25. The number of methoxy groups -OCH3 is 2. The fraction of sp³-hybridized carbons (Fsp3) is 0.174. The van der Waals surface area contributed by atoms with Crippen molar-refractivity contribution < 1.29 is 22.7 Å². The molecular weight excluding hydrogens is 487 g/mol. The first-order chi connectivity index (χ1) is 15.6. The van der Waals surface area contributed by atoms with E-state index in [1.165, 1.54) is 50.6 Å². The fourth-order valence-electron chi connectivity index (χ4n) is 3.06. The monoisotopic (exact) mass is 508 g/mol. The van der Waals surface area contributed by atoms with Gasteiger partial charge in [0, 0.05) is 5.02 Å². The van der Waals surface area contributed by atoms with Crippen molar-refractivity contribution in [2.45, 2.75) is 11.8 Å². The Bertz CT molecular complexity index is 1260. The first kappa shape index (κ1) is 24.7. The number of ether oxygens (including phenoxy) is 2. The van der Waals surface area contributed by atoms with E-state index >= 15 is 0 Å². The molecule has 3 aromatic carbocycles. The Morgan fingerprint density at radius 1 is 0.939 bits per heavy atom. The molecule has 1 N–H and O–H groups in total. The number of hydrogen-bond donors (Lipinski definition) is 1. The normalized spacial score (nSPS) is 11.1. The number of hydrogen-bond acceptors (Lipinski definition) is 5. The molecule has 10 heteroatoms. The predicted octanol–water partition coefficient (Wildman–Crippen LogP) is 5.15. The number of nitrogens with one attached hydrogen (secondary N) is 1. The molecule has 7 nitrogen and oxygen atoms in total. The molecule has 0 aromatic heterocycles. The van der Waals surface area contributed by atoms with Gasteiger partial charge >= 0.3 is 0 Å². The van der Waals surface area contributed by atoms with Crippen LogP contribution in [0.15, 0.2) is 65.6 Å². The number of nitrogens with zero attached hydrogens (tertiary/aromatic N) is 1. The third-order valence-corrected chi connectivity index (χ3v) is 7.07. The lowest BCUT2D eigenvalue weighted by Crippen LogP contribution is -2.38. The molecule has 174 valence electrons. The number of carbonyl (C=O) groups is 1. The summed E-state index contributed by atoms with van der Waals surface area (Å²) in [6.07, 6.45) is 0. The molecule has 0 heterocycles. The van der Waals surface area contributed by atoms with Crippen LogP contribution in [-0.4, -0.2) is 35.1 Å². The summed E-state index contributed by atoms with van der Waals surface area (Å²) in [4.78, 5) is 13.0. The van der Waals surface area contributed by atoms with Crippen molar-refractivity contribution in [1.82, 2.24) is 0 Å². The van der Waals surface area contributed by atoms with Gasteiger partial charge < -0.3 is 14.8 Å². The summed E-state index contributed by atoms with van der Waals surface area (Å²) in [6, 6.07) is 15.6. The van der Waals surface area contributed by atoms with Gasteiger partial charge in [-0.05, 0) is 55.5 Å². The van der Waals surface area contributed by atoms with E-state index in [0.717, 1.165) is 9.87 Å². The van der Waals surface area contributed by atoms with Crippen LogP contribution in [0.2, 0.25) is 10.0 Å². The molecule has 3 aromatic rings. The Morgan fingerprint density at radius 2 is 1.58 bits per heavy atom. The zero-order valence-corrected chi connectivity index (χ0v) is 20.5. The van der Waals surface area contributed by atoms with E-state index in [1.54, 1.807) is 24.3 Å². The van der Waals surface area contributed by atoms with Gasteiger partial charge in [-0.3, -0.25) is 9.10 Å². The number of benzene rings is 3. The average Bonchev–Trinajstić information content (AvgIpc) is 2.78. The number of halogens is 2. The number of aryl methyl sites for hydroxylation is 1.